The summed E-state index contributed by atoms with van der Waals surface area (Å²) in [5, 5.41) is 0. The average Bonchev–Trinajstić information content (AvgIpc) is 2.25. The molecule has 17 heavy (non-hydrogen) atoms. The van der Waals surface area contributed by atoms with Gasteiger partial charge >= 0.3 is 0 Å². The number of halogens is 2. The first-order valence-electron chi connectivity index (χ1n) is 5.07. The fourth-order valence-corrected chi connectivity index (χ4v) is 2.56. The highest BCUT2D eigenvalue weighted by Gasteiger charge is 1.99. The number of ether oxygens (including phenoxy) is 1. The molecule has 2 aromatic carbocycles. The normalized spacial score (nSPS) is 10.2. The highest BCUT2D eigenvalue weighted by Crippen LogP contribution is 2.20. The summed E-state index contributed by atoms with van der Waals surface area (Å²) in [4.78, 5) is 0. The van der Waals surface area contributed by atoms with Gasteiger partial charge in [0, 0.05) is 13.7 Å². The van der Waals surface area contributed by atoms with Gasteiger partial charge in [-0.25, -0.2) is 0 Å². The van der Waals surface area contributed by atoms with E-state index in [0.717, 1.165) is 25.0 Å². The Labute approximate surface area is 122 Å². The van der Waals surface area contributed by atoms with Crippen LogP contribution in [0.4, 0.5) is 5.69 Å². The van der Waals surface area contributed by atoms with Crippen LogP contribution >= 0.6 is 38.5 Å². The summed E-state index contributed by atoms with van der Waals surface area (Å²) in [7, 11) is 0. The van der Waals surface area contributed by atoms with Crippen molar-refractivity contribution >= 4 is 44.2 Å². The van der Waals surface area contributed by atoms with E-state index < -0.39 is 0 Å². The van der Waals surface area contributed by atoms with Crippen LogP contribution in [-0.4, -0.2) is 0 Å². The fraction of sp³-hybridized carbons (Fsp3) is 0.0769. The van der Waals surface area contributed by atoms with Crippen molar-refractivity contribution in [3.05, 3.63) is 56.1 Å². The van der Waals surface area contributed by atoms with Crippen molar-refractivity contribution in [2.45, 2.75) is 6.61 Å². The summed E-state index contributed by atoms with van der Waals surface area (Å²) in [6, 6.07) is 13.8. The molecule has 0 saturated heterocycles. The van der Waals surface area contributed by atoms with Gasteiger partial charge in [0.1, 0.15) is 12.4 Å². The summed E-state index contributed by atoms with van der Waals surface area (Å²) >= 11 is 5.68. The van der Waals surface area contributed by atoms with Crippen LogP contribution in [0.25, 0.3) is 0 Å². The minimum absolute atomic E-state index is 0.518. The molecule has 0 aliphatic carbocycles. The number of benzene rings is 2. The van der Waals surface area contributed by atoms with Crippen LogP contribution in [0.3, 0.4) is 0 Å². The average molecular weight is 404 g/mol. The first-order chi connectivity index (χ1) is 8.13. The molecule has 0 aliphatic rings. The van der Waals surface area contributed by atoms with E-state index in [-0.39, 0.29) is 0 Å². The van der Waals surface area contributed by atoms with Crippen LogP contribution in [0.1, 0.15) is 5.56 Å². The minimum atomic E-state index is 0.518. The van der Waals surface area contributed by atoms with Crippen molar-refractivity contribution < 1.29 is 4.74 Å². The zero-order valence-electron chi connectivity index (χ0n) is 8.99. The van der Waals surface area contributed by atoms with Gasteiger partial charge < -0.3 is 10.5 Å². The van der Waals surface area contributed by atoms with E-state index in [9.17, 15) is 0 Å². The molecule has 88 valence electrons. The van der Waals surface area contributed by atoms with Crippen LogP contribution < -0.4 is 10.5 Å². The fourth-order valence-electron chi connectivity index (χ4n) is 1.48. The smallest absolute Gasteiger partial charge is 0.120 e. The Morgan fingerprint density at radius 3 is 2.71 bits per heavy atom. The van der Waals surface area contributed by atoms with Gasteiger partial charge in [-0.1, -0.05) is 22.0 Å². The zero-order chi connectivity index (χ0) is 12.3. The predicted molar refractivity (Wildman–Crippen MR) is 82.0 cm³/mol. The van der Waals surface area contributed by atoms with Crippen LogP contribution in [0.15, 0.2) is 46.9 Å². The lowest BCUT2D eigenvalue weighted by atomic mass is 10.2. The lowest BCUT2D eigenvalue weighted by molar-refractivity contribution is 0.306. The molecule has 0 aliphatic heterocycles. The summed E-state index contributed by atoms with van der Waals surface area (Å²) < 4.78 is 7.83. The number of rotatable bonds is 3. The van der Waals surface area contributed by atoms with Gasteiger partial charge in [-0.3, -0.25) is 0 Å². The third-order valence-corrected chi connectivity index (χ3v) is 3.31. The van der Waals surface area contributed by atoms with Crippen LogP contribution in [0.5, 0.6) is 5.75 Å². The van der Waals surface area contributed by atoms with Crippen molar-refractivity contribution in [2.75, 3.05) is 5.73 Å². The Hall–Kier alpha value is -0.750. The van der Waals surface area contributed by atoms with Crippen molar-refractivity contribution in [1.29, 1.82) is 0 Å². The molecule has 4 heteroatoms. The second-order valence-electron chi connectivity index (χ2n) is 3.64. The summed E-state index contributed by atoms with van der Waals surface area (Å²) in [5.74, 6) is 0.871. The first kappa shape index (κ1) is 12.7. The molecule has 0 heterocycles. The van der Waals surface area contributed by atoms with Crippen LogP contribution in [0, 0.1) is 3.57 Å². The van der Waals surface area contributed by atoms with E-state index in [1.807, 2.05) is 42.5 Å². The standard InChI is InChI=1S/C13H11BrINO/c14-10-4-9(5-12(16)6-10)8-17-13-3-1-2-11(15)7-13/h1-7H,8,16H2. The molecule has 0 amide bonds. The van der Waals surface area contributed by atoms with Crippen molar-refractivity contribution in [2.24, 2.45) is 0 Å². The van der Waals surface area contributed by atoms with Gasteiger partial charge in [0.05, 0.1) is 0 Å². The molecule has 0 radical (unpaired) electrons. The zero-order valence-corrected chi connectivity index (χ0v) is 12.7. The quantitative estimate of drug-likeness (QED) is 0.615. The number of anilines is 1. The van der Waals surface area contributed by atoms with E-state index in [4.69, 9.17) is 10.5 Å². The molecule has 2 rings (SSSR count). The Morgan fingerprint density at radius 2 is 2.00 bits per heavy atom. The maximum absolute atomic E-state index is 5.77. The maximum Gasteiger partial charge on any atom is 0.120 e. The predicted octanol–water partition coefficient (Wildman–Crippen LogP) is 4.21. The topological polar surface area (TPSA) is 35.2 Å². The van der Waals surface area contributed by atoms with Gasteiger partial charge in [-0.05, 0) is 64.6 Å². The lowest BCUT2D eigenvalue weighted by Crippen LogP contribution is -1.97. The van der Waals surface area contributed by atoms with Gasteiger partial charge in [0.15, 0.2) is 0 Å². The van der Waals surface area contributed by atoms with Gasteiger partial charge in [0.25, 0.3) is 0 Å². The Balaban J connectivity index is 2.07. The first-order valence-corrected chi connectivity index (χ1v) is 6.94. The van der Waals surface area contributed by atoms with Crippen LogP contribution in [0.2, 0.25) is 0 Å². The molecule has 2 nitrogen and oxygen atoms in total. The molecule has 0 bridgehead atoms. The molecule has 0 atom stereocenters. The van der Waals surface area contributed by atoms with Gasteiger partial charge in [-0.2, -0.15) is 0 Å². The molecule has 2 N–H and O–H groups in total. The summed E-state index contributed by atoms with van der Waals surface area (Å²) in [6.07, 6.45) is 0. The lowest BCUT2D eigenvalue weighted by Gasteiger charge is -2.07. The Morgan fingerprint density at radius 1 is 1.18 bits per heavy atom. The van der Waals surface area contributed by atoms with E-state index in [0.29, 0.717) is 6.61 Å². The second-order valence-corrected chi connectivity index (χ2v) is 5.80. The van der Waals surface area contributed by atoms with E-state index >= 15 is 0 Å². The largest absolute Gasteiger partial charge is 0.489 e. The van der Waals surface area contributed by atoms with E-state index in [1.54, 1.807) is 0 Å². The number of nitrogens with two attached hydrogens (primary N) is 1. The molecule has 0 saturated carbocycles. The van der Waals surface area contributed by atoms with E-state index in [2.05, 4.69) is 38.5 Å². The third kappa shape index (κ3) is 3.89. The van der Waals surface area contributed by atoms with Crippen molar-refractivity contribution in [3.63, 3.8) is 0 Å². The molecular formula is C13H11BrINO. The number of nitrogen functional groups attached to an aromatic ring is 1. The van der Waals surface area contributed by atoms with Crippen molar-refractivity contribution in [3.8, 4) is 5.75 Å². The Bertz CT molecular complexity index is 510. The number of hydrogen-bond donors (Lipinski definition) is 1. The molecular weight excluding hydrogens is 393 g/mol. The summed E-state index contributed by atoms with van der Waals surface area (Å²) in [6.45, 7) is 0.518. The molecule has 0 aromatic heterocycles. The maximum atomic E-state index is 5.77. The molecule has 0 fully saturated rings. The number of hydrogen-bond acceptors (Lipinski definition) is 2. The molecule has 2 aromatic rings. The highest BCUT2D eigenvalue weighted by molar-refractivity contribution is 14.1. The van der Waals surface area contributed by atoms with E-state index in [1.165, 1.54) is 0 Å². The third-order valence-electron chi connectivity index (χ3n) is 2.18. The van der Waals surface area contributed by atoms with Gasteiger partial charge in [-0.15, -0.1) is 0 Å². The summed E-state index contributed by atoms with van der Waals surface area (Å²) in [5.41, 5.74) is 7.55. The van der Waals surface area contributed by atoms with Crippen molar-refractivity contribution in [1.82, 2.24) is 0 Å². The SMILES string of the molecule is Nc1cc(Br)cc(COc2cccc(I)c2)c1. The van der Waals surface area contributed by atoms with Gasteiger partial charge in [0.2, 0.25) is 0 Å². The molecule has 0 unspecified atom stereocenters. The second kappa shape index (κ2) is 5.73. The molecule has 0 spiro atoms. The van der Waals surface area contributed by atoms with Crippen LogP contribution in [-0.2, 0) is 6.61 Å². The highest BCUT2D eigenvalue weighted by atomic mass is 127. The minimum Gasteiger partial charge on any atom is -0.489 e. The Kier molecular flexibility index (Phi) is 4.28. The monoisotopic (exact) mass is 403 g/mol.